The Morgan fingerprint density at radius 1 is 1.10 bits per heavy atom. The Morgan fingerprint density at radius 3 is 2.62 bits per heavy atom. The number of benzene rings is 1. The summed E-state index contributed by atoms with van der Waals surface area (Å²) in [6.45, 7) is 3.51. The van der Waals surface area contributed by atoms with Crippen molar-refractivity contribution in [3.05, 3.63) is 76.4 Å². The Bertz CT molecular complexity index is 1580. The molecular weight excluding hydrogens is 545 g/mol. The van der Waals surface area contributed by atoms with Crippen molar-refractivity contribution in [3.8, 4) is 11.5 Å². The number of nitrogens with one attached hydrogen (secondary N) is 2. The number of hydrogen-bond donors (Lipinski definition) is 2. The molecule has 1 aromatic carbocycles. The molecule has 1 unspecified atom stereocenters. The number of aliphatic imine (C=N–C) groups is 1. The number of carbonyl (C=O) groups excluding carboxylic acids is 1. The van der Waals surface area contributed by atoms with Gasteiger partial charge in [-0.1, -0.05) is 30.3 Å². The van der Waals surface area contributed by atoms with Crippen LogP contribution in [0.25, 0.3) is 11.5 Å². The van der Waals surface area contributed by atoms with Crippen molar-refractivity contribution >= 4 is 39.7 Å². The van der Waals surface area contributed by atoms with Crippen molar-refractivity contribution in [2.45, 2.75) is 19.3 Å². The molecule has 0 aliphatic carbocycles. The standard InChI is InChI=1S/C27H23F3N6O3S/c1-15-11-18-21(16-5-3-2-4-6-16)33-23(24(37)35-25(18)40-15)34-26-32-14-20(39-26)22-19(36-7-9-38-10-8-36)12-17(13-31-22)27(28,29)30/h2-6,11-14,23H,7-10H2,1H3,(H,32,34)(H,35,37). The molecule has 40 heavy (non-hydrogen) atoms. The number of thiophene rings is 1. The second-order valence-corrected chi connectivity index (χ2v) is 10.5. The number of halogens is 3. The van der Waals surface area contributed by atoms with Crippen molar-refractivity contribution < 1.29 is 27.1 Å². The van der Waals surface area contributed by atoms with E-state index in [1.807, 2.05) is 43.3 Å². The maximum Gasteiger partial charge on any atom is 0.417 e. The summed E-state index contributed by atoms with van der Waals surface area (Å²) in [6, 6.07) is 12.5. The van der Waals surface area contributed by atoms with Gasteiger partial charge in [0, 0.05) is 35.3 Å². The number of rotatable bonds is 5. The summed E-state index contributed by atoms with van der Waals surface area (Å²) in [5, 5.41) is 6.53. The molecule has 4 aromatic rings. The number of nitrogens with zero attached hydrogens (tertiary/aromatic N) is 4. The number of morpholine rings is 1. The molecule has 2 aliphatic rings. The van der Waals surface area contributed by atoms with E-state index in [2.05, 4.69) is 20.6 Å². The van der Waals surface area contributed by atoms with Crippen LogP contribution in [0.5, 0.6) is 0 Å². The number of amides is 1. The van der Waals surface area contributed by atoms with E-state index in [0.717, 1.165) is 28.3 Å². The number of fused-ring (bicyclic) bond motifs is 1. The van der Waals surface area contributed by atoms with Gasteiger partial charge in [-0.25, -0.2) is 9.98 Å². The lowest BCUT2D eigenvalue weighted by Gasteiger charge is -2.30. The Balaban J connectivity index is 1.33. The normalized spacial score (nSPS) is 17.6. The number of oxazole rings is 1. The highest BCUT2D eigenvalue weighted by Crippen LogP contribution is 2.37. The highest BCUT2D eigenvalue weighted by Gasteiger charge is 2.34. The molecule has 0 spiro atoms. The highest BCUT2D eigenvalue weighted by atomic mass is 32.1. The first-order valence-electron chi connectivity index (χ1n) is 12.4. The van der Waals surface area contributed by atoms with E-state index in [0.29, 0.717) is 37.0 Å². The lowest BCUT2D eigenvalue weighted by molar-refractivity contribution is -0.137. The first-order valence-corrected chi connectivity index (χ1v) is 13.3. The van der Waals surface area contributed by atoms with Gasteiger partial charge in [-0.2, -0.15) is 13.2 Å². The highest BCUT2D eigenvalue weighted by molar-refractivity contribution is 7.16. The minimum absolute atomic E-state index is 0.0256. The molecule has 206 valence electrons. The minimum atomic E-state index is -4.55. The SMILES string of the molecule is Cc1cc2c(s1)NC(=O)C(Nc1ncc(-c3ncc(C(F)(F)F)cc3N3CCOCC3)o1)N=C2c1ccccc1. The van der Waals surface area contributed by atoms with Crippen LogP contribution in [0.1, 0.15) is 21.6 Å². The second kappa shape index (κ2) is 10.4. The van der Waals surface area contributed by atoms with Crippen LogP contribution >= 0.6 is 11.3 Å². The molecular formula is C27H23F3N6O3S. The molecule has 13 heteroatoms. The van der Waals surface area contributed by atoms with E-state index in [4.69, 9.17) is 14.1 Å². The van der Waals surface area contributed by atoms with Gasteiger partial charge in [0.2, 0.25) is 6.17 Å². The number of aromatic nitrogens is 2. The van der Waals surface area contributed by atoms with Crippen LogP contribution in [0.4, 0.5) is 29.9 Å². The molecule has 1 atom stereocenters. The number of aryl methyl sites for hydroxylation is 1. The molecule has 2 aliphatic heterocycles. The van der Waals surface area contributed by atoms with Crippen molar-refractivity contribution in [2.24, 2.45) is 4.99 Å². The van der Waals surface area contributed by atoms with Gasteiger partial charge in [0.15, 0.2) is 5.76 Å². The molecule has 3 aromatic heterocycles. The third kappa shape index (κ3) is 5.17. The molecule has 0 saturated carbocycles. The fourth-order valence-corrected chi connectivity index (χ4v) is 5.47. The zero-order chi connectivity index (χ0) is 27.9. The number of alkyl halides is 3. The van der Waals surface area contributed by atoms with Crippen molar-refractivity contribution in [1.29, 1.82) is 0 Å². The molecule has 1 amide bonds. The zero-order valence-corrected chi connectivity index (χ0v) is 22.0. The first kappa shape index (κ1) is 26.0. The first-order chi connectivity index (χ1) is 19.3. The summed E-state index contributed by atoms with van der Waals surface area (Å²) in [6.07, 6.45) is -3.51. The number of carbonyl (C=O) groups is 1. The fourth-order valence-electron chi connectivity index (χ4n) is 4.55. The molecule has 1 saturated heterocycles. The summed E-state index contributed by atoms with van der Waals surface area (Å²) >= 11 is 1.45. The van der Waals surface area contributed by atoms with Gasteiger partial charge in [0.1, 0.15) is 10.7 Å². The lowest BCUT2D eigenvalue weighted by Crippen LogP contribution is -2.36. The third-order valence-electron chi connectivity index (χ3n) is 6.45. The molecule has 6 rings (SSSR count). The largest absolute Gasteiger partial charge is 0.422 e. The van der Waals surface area contributed by atoms with Gasteiger partial charge >= 0.3 is 6.18 Å². The van der Waals surface area contributed by atoms with Gasteiger partial charge in [0.25, 0.3) is 11.9 Å². The molecule has 1 fully saturated rings. The van der Waals surface area contributed by atoms with E-state index in [-0.39, 0.29) is 23.2 Å². The predicted molar refractivity (Wildman–Crippen MR) is 145 cm³/mol. The minimum Gasteiger partial charge on any atom is -0.422 e. The van der Waals surface area contributed by atoms with E-state index < -0.39 is 23.8 Å². The van der Waals surface area contributed by atoms with E-state index >= 15 is 0 Å². The third-order valence-corrected chi connectivity index (χ3v) is 7.41. The van der Waals surface area contributed by atoms with Gasteiger partial charge in [-0.15, -0.1) is 11.3 Å². The monoisotopic (exact) mass is 568 g/mol. The van der Waals surface area contributed by atoms with Gasteiger partial charge < -0.3 is 24.7 Å². The van der Waals surface area contributed by atoms with Crippen LogP contribution in [-0.2, 0) is 15.7 Å². The zero-order valence-electron chi connectivity index (χ0n) is 21.2. The quantitative estimate of drug-likeness (QED) is 0.342. The number of pyridine rings is 1. The summed E-state index contributed by atoms with van der Waals surface area (Å²) in [4.78, 5) is 29.0. The Morgan fingerprint density at radius 2 is 1.88 bits per heavy atom. The predicted octanol–water partition coefficient (Wildman–Crippen LogP) is 5.19. The smallest absolute Gasteiger partial charge is 0.417 e. The lowest BCUT2D eigenvalue weighted by atomic mass is 10.0. The van der Waals surface area contributed by atoms with Crippen molar-refractivity contribution in [1.82, 2.24) is 9.97 Å². The Kier molecular flexibility index (Phi) is 6.76. The van der Waals surface area contributed by atoms with Crippen molar-refractivity contribution in [2.75, 3.05) is 41.8 Å². The van der Waals surface area contributed by atoms with E-state index in [1.165, 1.54) is 17.5 Å². The van der Waals surface area contributed by atoms with Gasteiger partial charge in [-0.05, 0) is 19.1 Å². The van der Waals surface area contributed by atoms with Crippen LogP contribution in [0.15, 0.2) is 64.3 Å². The van der Waals surface area contributed by atoms with Crippen molar-refractivity contribution in [3.63, 3.8) is 0 Å². The van der Waals surface area contributed by atoms with Crippen LogP contribution in [0.3, 0.4) is 0 Å². The maximum absolute atomic E-state index is 13.5. The maximum atomic E-state index is 13.5. The Hall–Kier alpha value is -4.23. The van der Waals surface area contributed by atoms with Crippen LogP contribution in [-0.4, -0.2) is 54.1 Å². The summed E-state index contributed by atoms with van der Waals surface area (Å²) in [5.74, 6) is -0.260. The van der Waals surface area contributed by atoms with Gasteiger partial charge in [-0.3, -0.25) is 9.78 Å². The fraction of sp³-hybridized carbons (Fsp3) is 0.259. The Labute approximate surface area is 230 Å². The summed E-state index contributed by atoms with van der Waals surface area (Å²) < 4.78 is 51.7. The van der Waals surface area contributed by atoms with Crippen LogP contribution in [0.2, 0.25) is 0 Å². The molecule has 0 bridgehead atoms. The van der Waals surface area contributed by atoms with E-state index in [9.17, 15) is 18.0 Å². The molecule has 0 radical (unpaired) electrons. The summed E-state index contributed by atoms with van der Waals surface area (Å²) in [7, 11) is 0. The van der Waals surface area contributed by atoms with E-state index in [1.54, 1.807) is 4.90 Å². The van der Waals surface area contributed by atoms with Gasteiger partial charge in [0.05, 0.1) is 36.4 Å². The topological polar surface area (TPSA) is 105 Å². The summed E-state index contributed by atoms with van der Waals surface area (Å²) in [5.41, 5.74) is 1.87. The average Bonchev–Trinajstić information content (AvgIpc) is 3.54. The van der Waals surface area contributed by atoms with Crippen LogP contribution < -0.4 is 15.5 Å². The molecule has 9 nitrogen and oxygen atoms in total. The number of anilines is 3. The van der Waals surface area contributed by atoms with Crippen LogP contribution in [0, 0.1) is 6.92 Å². The molecule has 2 N–H and O–H groups in total. The average molecular weight is 569 g/mol. The number of ether oxygens (including phenoxy) is 1. The molecule has 5 heterocycles. The number of hydrogen-bond acceptors (Lipinski definition) is 9. The second-order valence-electron chi connectivity index (χ2n) is 9.20.